The molecule has 20 heavy (non-hydrogen) atoms. The summed E-state index contributed by atoms with van der Waals surface area (Å²) in [7, 11) is 0. The van der Waals surface area contributed by atoms with Crippen LogP contribution in [-0.4, -0.2) is 30.1 Å². The number of rotatable bonds is 7. The van der Waals surface area contributed by atoms with Gasteiger partial charge < -0.3 is 14.5 Å². The van der Waals surface area contributed by atoms with Crippen molar-refractivity contribution in [2.75, 3.05) is 13.2 Å². The molecule has 0 spiro atoms. The quantitative estimate of drug-likeness (QED) is 0.778. The van der Waals surface area contributed by atoms with E-state index in [0.29, 0.717) is 26.1 Å². The minimum atomic E-state index is -0.244. The molecule has 0 unspecified atom stereocenters. The zero-order valence-electron chi connectivity index (χ0n) is 12.7. The first kappa shape index (κ1) is 16.3. The summed E-state index contributed by atoms with van der Waals surface area (Å²) in [5, 5.41) is 0. The molecule has 0 amide bonds. The van der Waals surface area contributed by atoms with Gasteiger partial charge in [-0.05, 0) is 45.2 Å². The van der Waals surface area contributed by atoms with Crippen molar-refractivity contribution in [2.24, 2.45) is 0 Å². The number of aryl methyl sites for hydroxylation is 2. The summed E-state index contributed by atoms with van der Waals surface area (Å²) in [5.41, 5.74) is 3.90. The predicted octanol–water partition coefficient (Wildman–Crippen LogP) is 2.23. The molecule has 1 N–H and O–H groups in total. The van der Waals surface area contributed by atoms with Crippen molar-refractivity contribution in [1.29, 1.82) is 0 Å². The number of aromatic nitrogens is 1. The summed E-state index contributed by atoms with van der Waals surface area (Å²) in [6.45, 7) is 8.21. The standard InChI is InChI=1S/C15H23NO4/c1-5-19-14(17)8-7-12-10(3)16-11(4)13(12)9-15(18)20-6-2/h16H,5-9H2,1-4H3. The molecule has 5 heteroatoms. The third-order valence-corrected chi connectivity index (χ3v) is 3.16. The number of H-pyrrole nitrogens is 1. The van der Waals surface area contributed by atoms with Crippen LogP contribution in [0.3, 0.4) is 0 Å². The smallest absolute Gasteiger partial charge is 0.310 e. The molecule has 0 saturated heterocycles. The Morgan fingerprint density at radius 3 is 2.10 bits per heavy atom. The van der Waals surface area contributed by atoms with E-state index in [9.17, 15) is 9.59 Å². The van der Waals surface area contributed by atoms with Crippen molar-refractivity contribution >= 4 is 11.9 Å². The maximum Gasteiger partial charge on any atom is 0.310 e. The number of hydrogen-bond acceptors (Lipinski definition) is 4. The average molecular weight is 281 g/mol. The lowest BCUT2D eigenvalue weighted by atomic mass is 10.0. The molecule has 1 aromatic heterocycles. The van der Waals surface area contributed by atoms with Crippen molar-refractivity contribution in [3.8, 4) is 0 Å². The van der Waals surface area contributed by atoms with Gasteiger partial charge in [-0.2, -0.15) is 0 Å². The molecule has 0 bridgehead atoms. The van der Waals surface area contributed by atoms with E-state index in [-0.39, 0.29) is 18.4 Å². The normalized spacial score (nSPS) is 10.4. The molecule has 0 fully saturated rings. The van der Waals surface area contributed by atoms with Crippen LogP contribution in [0, 0.1) is 13.8 Å². The summed E-state index contributed by atoms with van der Waals surface area (Å²) in [6, 6.07) is 0. The molecule has 1 aromatic rings. The largest absolute Gasteiger partial charge is 0.466 e. The Balaban J connectivity index is 2.79. The average Bonchev–Trinajstić information content (AvgIpc) is 2.62. The highest BCUT2D eigenvalue weighted by molar-refractivity contribution is 5.74. The Bertz CT molecular complexity index is 476. The third kappa shape index (κ3) is 4.40. The Morgan fingerprint density at radius 2 is 1.50 bits per heavy atom. The van der Waals surface area contributed by atoms with E-state index >= 15 is 0 Å². The van der Waals surface area contributed by atoms with Gasteiger partial charge in [0.25, 0.3) is 0 Å². The van der Waals surface area contributed by atoms with E-state index in [0.717, 1.165) is 22.5 Å². The lowest BCUT2D eigenvalue weighted by Crippen LogP contribution is -2.11. The molecule has 1 heterocycles. The number of hydrogen-bond donors (Lipinski definition) is 1. The first-order valence-corrected chi connectivity index (χ1v) is 6.97. The van der Waals surface area contributed by atoms with E-state index in [1.807, 2.05) is 13.8 Å². The Kier molecular flexibility index (Phi) is 6.28. The molecule has 0 aliphatic rings. The van der Waals surface area contributed by atoms with Crippen molar-refractivity contribution in [3.63, 3.8) is 0 Å². The highest BCUT2D eigenvalue weighted by atomic mass is 16.5. The SMILES string of the molecule is CCOC(=O)CCc1c(C)[nH]c(C)c1CC(=O)OCC. The lowest BCUT2D eigenvalue weighted by molar-refractivity contribution is -0.143. The van der Waals surface area contributed by atoms with Gasteiger partial charge in [-0.15, -0.1) is 0 Å². The van der Waals surface area contributed by atoms with Crippen LogP contribution >= 0.6 is 0 Å². The van der Waals surface area contributed by atoms with Crippen LogP contribution in [-0.2, 0) is 31.9 Å². The number of carbonyl (C=O) groups excluding carboxylic acids is 2. The fourth-order valence-corrected chi connectivity index (χ4v) is 2.28. The molecule has 0 aromatic carbocycles. The Hall–Kier alpha value is -1.78. The molecule has 0 atom stereocenters. The van der Waals surface area contributed by atoms with Gasteiger partial charge >= 0.3 is 11.9 Å². The molecule has 0 aliphatic carbocycles. The van der Waals surface area contributed by atoms with E-state index in [1.165, 1.54) is 0 Å². The van der Waals surface area contributed by atoms with E-state index in [2.05, 4.69) is 4.98 Å². The molecule has 0 radical (unpaired) electrons. The summed E-state index contributed by atoms with van der Waals surface area (Å²) in [5.74, 6) is -0.458. The summed E-state index contributed by atoms with van der Waals surface area (Å²) in [4.78, 5) is 26.3. The lowest BCUT2D eigenvalue weighted by Gasteiger charge is -2.07. The van der Waals surface area contributed by atoms with Crippen LogP contribution in [0.1, 0.15) is 42.8 Å². The van der Waals surface area contributed by atoms with Crippen LogP contribution in [0.5, 0.6) is 0 Å². The second-order valence-corrected chi connectivity index (χ2v) is 4.62. The topological polar surface area (TPSA) is 68.4 Å². The number of esters is 2. The van der Waals surface area contributed by atoms with Crippen LogP contribution < -0.4 is 0 Å². The van der Waals surface area contributed by atoms with Gasteiger partial charge in [0.05, 0.1) is 19.6 Å². The zero-order valence-corrected chi connectivity index (χ0v) is 12.7. The van der Waals surface area contributed by atoms with Crippen LogP contribution in [0.4, 0.5) is 0 Å². The molecule has 5 nitrogen and oxygen atoms in total. The second kappa shape index (κ2) is 7.72. The zero-order chi connectivity index (χ0) is 15.1. The van der Waals surface area contributed by atoms with Gasteiger partial charge in [0, 0.05) is 17.8 Å². The minimum absolute atomic E-state index is 0.215. The summed E-state index contributed by atoms with van der Waals surface area (Å²) < 4.78 is 9.91. The minimum Gasteiger partial charge on any atom is -0.466 e. The van der Waals surface area contributed by atoms with Gasteiger partial charge in [-0.25, -0.2) is 0 Å². The second-order valence-electron chi connectivity index (χ2n) is 4.62. The first-order valence-electron chi connectivity index (χ1n) is 6.97. The van der Waals surface area contributed by atoms with Gasteiger partial charge in [-0.3, -0.25) is 9.59 Å². The number of carbonyl (C=O) groups is 2. The summed E-state index contributed by atoms with van der Waals surface area (Å²) in [6.07, 6.45) is 1.13. The number of nitrogens with one attached hydrogen (secondary N) is 1. The number of aromatic amines is 1. The van der Waals surface area contributed by atoms with Crippen LogP contribution in [0.25, 0.3) is 0 Å². The predicted molar refractivity (Wildman–Crippen MR) is 75.6 cm³/mol. The van der Waals surface area contributed by atoms with E-state index < -0.39 is 0 Å². The molecular weight excluding hydrogens is 258 g/mol. The maximum absolute atomic E-state index is 11.6. The van der Waals surface area contributed by atoms with Gasteiger partial charge in [0.1, 0.15) is 0 Å². The molecule has 0 saturated carbocycles. The molecular formula is C15H23NO4. The third-order valence-electron chi connectivity index (χ3n) is 3.16. The van der Waals surface area contributed by atoms with Crippen LogP contribution in [0.2, 0.25) is 0 Å². The van der Waals surface area contributed by atoms with Crippen molar-refractivity contribution < 1.29 is 19.1 Å². The van der Waals surface area contributed by atoms with Gasteiger partial charge in [-0.1, -0.05) is 0 Å². The van der Waals surface area contributed by atoms with Gasteiger partial charge in [0.2, 0.25) is 0 Å². The first-order chi connectivity index (χ1) is 9.49. The highest BCUT2D eigenvalue weighted by Gasteiger charge is 2.17. The van der Waals surface area contributed by atoms with Gasteiger partial charge in [0.15, 0.2) is 0 Å². The van der Waals surface area contributed by atoms with Crippen molar-refractivity contribution in [2.45, 2.75) is 47.0 Å². The molecule has 112 valence electrons. The fourth-order valence-electron chi connectivity index (χ4n) is 2.28. The molecule has 1 rings (SSSR count). The van der Waals surface area contributed by atoms with Crippen LogP contribution in [0.15, 0.2) is 0 Å². The monoisotopic (exact) mass is 281 g/mol. The Labute approximate surface area is 119 Å². The Morgan fingerprint density at radius 1 is 0.950 bits per heavy atom. The highest BCUT2D eigenvalue weighted by Crippen LogP contribution is 2.21. The number of ether oxygens (including phenoxy) is 2. The van der Waals surface area contributed by atoms with E-state index in [1.54, 1.807) is 13.8 Å². The maximum atomic E-state index is 11.6. The molecule has 0 aliphatic heterocycles. The van der Waals surface area contributed by atoms with Crippen molar-refractivity contribution in [3.05, 3.63) is 22.5 Å². The van der Waals surface area contributed by atoms with E-state index in [4.69, 9.17) is 9.47 Å². The summed E-state index contributed by atoms with van der Waals surface area (Å²) >= 11 is 0. The van der Waals surface area contributed by atoms with Crippen molar-refractivity contribution in [1.82, 2.24) is 4.98 Å². The fraction of sp³-hybridized carbons (Fsp3) is 0.600.